The van der Waals surface area contributed by atoms with Crippen molar-refractivity contribution in [2.45, 2.75) is 25.7 Å². The summed E-state index contributed by atoms with van der Waals surface area (Å²) in [5.74, 6) is 2.05. The molecule has 0 spiro atoms. The lowest BCUT2D eigenvalue weighted by Gasteiger charge is -2.22. The standard InChI is InChI=1S/C17H26N2O3.ClH/c1-21-15-6-3-7-16(22-2)14(15)11-17(20)19-10-8-13-5-4-9-18-12-13;/h3,6-7,13,18H,4-5,8-12H2,1-2H3,(H,19,20);1H. The zero-order valence-corrected chi connectivity index (χ0v) is 14.7. The van der Waals surface area contributed by atoms with Crippen LogP contribution in [-0.2, 0) is 11.2 Å². The molecule has 0 aliphatic carbocycles. The molecule has 1 heterocycles. The molecule has 1 unspecified atom stereocenters. The van der Waals surface area contributed by atoms with Crippen LogP contribution in [0.15, 0.2) is 18.2 Å². The van der Waals surface area contributed by atoms with Gasteiger partial charge in [0.05, 0.1) is 20.6 Å². The van der Waals surface area contributed by atoms with Gasteiger partial charge >= 0.3 is 0 Å². The van der Waals surface area contributed by atoms with Gasteiger partial charge in [-0.3, -0.25) is 4.79 Å². The molecule has 1 aromatic rings. The molecule has 130 valence electrons. The highest BCUT2D eigenvalue weighted by molar-refractivity contribution is 5.85. The topological polar surface area (TPSA) is 59.6 Å². The van der Waals surface area contributed by atoms with Crippen LogP contribution in [0.1, 0.15) is 24.8 Å². The molecular formula is C17H27ClN2O3. The molecule has 1 fully saturated rings. The largest absolute Gasteiger partial charge is 0.496 e. The Morgan fingerprint density at radius 2 is 2.00 bits per heavy atom. The van der Waals surface area contributed by atoms with E-state index in [0.717, 1.165) is 31.6 Å². The van der Waals surface area contributed by atoms with E-state index >= 15 is 0 Å². The molecular weight excluding hydrogens is 316 g/mol. The fourth-order valence-electron chi connectivity index (χ4n) is 2.91. The SMILES string of the molecule is COc1cccc(OC)c1CC(=O)NCCC1CCCNC1.Cl. The van der Waals surface area contributed by atoms with Crippen molar-refractivity contribution in [3.05, 3.63) is 23.8 Å². The number of benzene rings is 1. The molecule has 1 atom stereocenters. The summed E-state index contributed by atoms with van der Waals surface area (Å²) in [4.78, 5) is 12.2. The van der Waals surface area contributed by atoms with E-state index in [-0.39, 0.29) is 24.7 Å². The highest BCUT2D eigenvalue weighted by Crippen LogP contribution is 2.28. The Morgan fingerprint density at radius 1 is 1.30 bits per heavy atom. The van der Waals surface area contributed by atoms with Crippen molar-refractivity contribution in [2.75, 3.05) is 33.9 Å². The van der Waals surface area contributed by atoms with Crippen LogP contribution in [0.25, 0.3) is 0 Å². The van der Waals surface area contributed by atoms with Crippen LogP contribution in [0.2, 0.25) is 0 Å². The van der Waals surface area contributed by atoms with Crippen LogP contribution in [0.3, 0.4) is 0 Å². The van der Waals surface area contributed by atoms with Gasteiger partial charge in [-0.2, -0.15) is 0 Å². The molecule has 1 aliphatic rings. The average molecular weight is 343 g/mol. The molecule has 5 nitrogen and oxygen atoms in total. The summed E-state index contributed by atoms with van der Waals surface area (Å²) in [5.41, 5.74) is 0.796. The number of methoxy groups -OCH3 is 2. The molecule has 1 aromatic carbocycles. The lowest BCUT2D eigenvalue weighted by atomic mass is 9.96. The van der Waals surface area contributed by atoms with Crippen LogP contribution < -0.4 is 20.1 Å². The van der Waals surface area contributed by atoms with E-state index in [1.165, 1.54) is 12.8 Å². The average Bonchev–Trinajstić information content (AvgIpc) is 2.56. The number of piperidine rings is 1. The normalized spacial score (nSPS) is 17.0. The number of halogens is 1. The highest BCUT2D eigenvalue weighted by atomic mass is 35.5. The van der Waals surface area contributed by atoms with Gasteiger partial charge in [0.25, 0.3) is 0 Å². The van der Waals surface area contributed by atoms with E-state index in [1.807, 2.05) is 18.2 Å². The molecule has 2 N–H and O–H groups in total. The van der Waals surface area contributed by atoms with Gasteiger partial charge in [0.15, 0.2) is 0 Å². The zero-order chi connectivity index (χ0) is 15.8. The van der Waals surface area contributed by atoms with Crippen molar-refractivity contribution in [3.8, 4) is 11.5 Å². The van der Waals surface area contributed by atoms with Gasteiger partial charge in [-0.15, -0.1) is 12.4 Å². The van der Waals surface area contributed by atoms with E-state index < -0.39 is 0 Å². The molecule has 23 heavy (non-hydrogen) atoms. The molecule has 1 aliphatic heterocycles. The first-order valence-electron chi connectivity index (χ1n) is 7.92. The second-order valence-electron chi connectivity index (χ2n) is 5.67. The summed E-state index contributed by atoms with van der Waals surface area (Å²) >= 11 is 0. The Balaban J connectivity index is 0.00000264. The minimum absolute atomic E-state index is 0. The number of ether oxygens (including phenoxy) is 2. The third kappa shape index (κ3) is 5.92. The third-order valence-electron chi connectivity index (χ3n) is 4.14. The molecule has 0 saturated carbocycles. The molecule has 0 bridgehead atoms. The van der Waals surface area contributed by atoms with Crippen LogP contribution in [0, 0.1) is 5.92 Å². The Kier molecular flexibility index (Phi) is 8.81. The van der Waals surface area contributed by atoms with Gasteiger partial charge in [-0.25, -0.2) is 0 Å². The lowest BCUT2D eigenvalue weighted by molar-refractivity contribution is -0.120. The molecule has 2 rings (SSSR count). The summed E-state index contributed by atoms with van der Waals surface area (Å²) < 4.78 is 10.6. The second kappa shape index (κ2) is 10.3. The van der Waals surface area contributed by atoms with Gasteiger partial charge in [-0.05, 0) is 50.4 Å². The quantitative estimate of drug-likeness (QED) is 0.797. The fraction of sp³-hybridized carbons (Fsp3) is 0.588. The van der Waals surface area contributed by atoms with Crippen molar-refractivity contribution < 1.29 is 14.3 Å². The monoisotopic (exact) mass is 342 g/mol. The highest BCUT2D eigenvalue weighted by Gasteiger charge is 2.15. The van der Waals surface area contributed by atoms with E-state index in [9.17, 15) is 4.79 Å². The Bertz CT molecular complexity index is 468. The fourth-order valence-corrected chi connectivity index (χ4v) is 2.91. The van der Waals surface area contributed by atoms with Gasteiger partial charge in [-0.1, -0.05) is 6.07 Å². The van der Waals surface area contributed by atoms with E-state index in [0.29, 0.717) is 17.4 Å². The first kappa shape index (κ1) is 19.6. The zero-order valence-electron chi connectivity index (χ0n) is 13.9. The molecule has 1 amide bonds. The minimum atomic E-state index is 0. The van der Waals surface area contributed by atoms with Gasteiger partial charge in [0.1, 0.15) is 11.5 Å². The van der Waals surface area contributed by atoms with Crippen molar-refractivity contribution in [2.24, 2.45) is 5.92 Å². The minimum Gasteiger partial charge on any atom is -0.496 e. The lowest BCUT2D eigenvalue weighted by Crippen LogP contribution is -2.33. The van der Waals surface area contributed by atoms with Crippen LogP contribution in [0.5, 0.6) is 11.5 Å². The molecule has 0 radical (unpaired) electrons. The number of hydrogen-bond acceptors (Lipinski definition) is 4. The van der Waals surface area contributed by atoms with Gasteiger partial charge in [0, 0.05) is 12.1 Å². The Hall–Kier alpha value is -1.46. The summed E-state index contributed by atoms with van der Waals surface area (Å²) in [7, 11) is 3.21. The summed E-state index contributed by atoms with van der Waals surface area (Å²) in [6.07, 6.45) is 3.79. The summed E-state index contributed by atoms with van der Waals surface area (Å²) in [5, 5.41) is 6.40. The van der Waals surface area contributed by atoms with Crippen molar-refractivity contribution in [1.29, 1.82) is 0 Å². The molecule has 1 saturated heterocycles. The Labute approximate surface area is 144 Å². The summed E-state index contributed by atoms with van der Waals surface area (Å²) in [6.45, 7) is 2.91. The van der Waals surface area contributed by atoms with E-state index in [4.69, 9.17) is 9.47 Å². The predicted octanol–water partition coefficient (Wildman–Crippen LogP) is 2.17. The van der Waals surface area contributed by atoms with Gasteiger partial charge < -0.3 is 20.1 Å². The van der Waals surface area contributed by atoms with Crippen LogP contribution in [0.4, 0.5) is 0 Å². The number of hydrogen-bond donors (Lipinski definition) is 2. The van der Waals surface area contributed by atoms with Crippen molar-refractivity contribution in [1.82, 2.24) is 10.6 Å². The van der Waals surface area contributed by atoms with Crippen LogP contribution >= 0.6 is 12.4 Å². The number of amides is 1. The first-order chi connectivity index (χ1) is 10.7. The third-order valence-corrected chi connectivity index (χ3v) is 4.14. The van der Waals surface area contributed by atoms with E-state index in [2.05, 4.69) is 10.6 Å². The number of rotatable bonds is 7. The maximum absolute atomic E-state index is 12.2. The number of nitrogens with one attached hydrogen (secondary N) is 2. The molecule has 6 heteroatoms. The molecule has 0 aromatic heterocycles. The number of carbonyl (C=O) groups excluding carboxylic acids is 1. The van der Waals surface area contributed by atoms with Gasteiger partial charge in [0.2, 0.25) is 5.91 Å². The smallest absolute Gasteiger partial charge is 0.224 e. The Morgan fingerprint density at radius 3 is 2.57 bits per heavy atom. The maximum Gasteiger partial charge on any atom is 0.224 e. The van der Waals surface area contributed by atoms with Crippen molar-refractivity contribution >= 4 is 18.3 Å². The second-order valence-corrected chi connectivity index (χ2v) is 5.67. The predicted molar refractivity (Wildman–Crippen MR) is 93.7 cm³/mol. The first-order valence-corrected chi connectivity index (χ1v) is 7.92. The van der Waals surface area contributed by atoms with Crippen molar-refractivity contribution in [3.63, 3.8) is 0 Å². The van der Waals surface area contributed by atoms with Crippen LogP contribution in [-0.4, -0.2) is 39.8 Å². The summed E-state index contributed by atoms with van der Waals surface area (Å²) in [6, 6.07) is 5.55. The van der Waals surface area contributed by atoms with E-state index in [1.54, 1.807) is 14.2 Å². The number of carbonyl (C=O) groups is 1. The maximum atomic E-state index is 12.2.